The Bertz CT molecular complexity index is 524. The highest BCUT2D eigenvalue weighted by Crippen LogP contribution is 2.28. The highest BCUT2D eigenvalue weighted by Gasteiger charge is 2.08. The molecule has 82 valence electrons. The third-order valence-corrected chi connectivity index (χ3v) is 3.57. The maximum Gasteiger partial charge on any atom is 0.224 e. The van der Waals surface area contributed by atoms with Crippen molar-refractivity contribution in [3.63, 3.8) is 0 Å². The maximum atomic E-state index is 10.8. The van der Waals surface area contributed by atoms with Gasteiger partial charge in [-0.3, -0.25) is 4.79 Å². The number of thiazole rings is 1. The lowest BCUT2D eigenvalue weighted by molar-refractivity contribution is -0.117. The summed E-state index contributed by atoms with van der Waals surface area (Å²) in [6.07, 6.45) is 0.203. The first kappa shape index (κ1) is 11.3. The van der Waals surface area contributed by atoms with Crippen LogP contribution in [0.4, 0.5) is 0 Å². The summed E-state index contributed by atoms with van der Waals surface area (Å²) in [5, 5.41) is 2.68. The Kier molecular flexibility index (Phi) is 3.36. The normalized spacial score (nSPS) is 10.3. The minimum Gasteiger partial charge on any atom is -0.369 e. The number of hydrogen-bond donors (Lipinski definition) is 1. The molecule has 16 heavy (non-hydrogen) atoms. The van der Waals surface area contributed by atoms with E-state index in [1.54, 1.807) is 0 Å². The van der Waals surface area contributed by atoms with Gasteiger partial charge >= 0.3 is 0 Å². The Hall–Kier alpha value is -1.20. The molecule has 2 N–H and O–H groups in total. The fraction of sp³-hybridized carbons (Fsp3) is 0.0909. The Labute approximate surface area is 105 Å². The van der Waals surface area contributed by atoms with E-state index in [0.717, 1.165) is 20.7 Å². The number of nitrogens with zero attached hydrogens (tertiary/aromatic N) is 1. The van der Waals surface area contributed by atoms with Gasteiger partial charge in [0.25, 0.3) is 0 Å². The number of carbonyl (C=O) groups excluding carboxylic acids is 1. The van der Waals surface area contributed by atoms with Crippen LogP contribution in [0.5, 0.6) is 0 Å². The number of hydrogen-bond acceptors (Lipinski definition) is 3. The summed E-state index contributed by atoms with van der Waals surface area (Å²) in [5.41, 5.74) is 7.01. The van der Waals surface area contributed by atoms with Crippen molar-refractivity contribution in [3.05, 3.63) is 39.1 Å². The van der Waals surface area contributed by atoms with Crippen molar-refractivity contribution < 1.29 is 4.79 Å². The first-order chi connectivity index (χ1) is 7.66. The summed E-state index contributed by atoms with van der Waals surface area (Å²) >= 11 is 4.91. The lowest BCUT2D eigenvalue weighted by Crippen LogP contribution is -2.13. The van der Waals surface area contributed by atoms with Crippen LogP contribution in [-0.4, -0.2) is 10.9 Å². The van der Waals surface area contributed by atoms with Gasteiger partial charge in [0, 0.05) is 15.4 Å². The molecular formula is C11H9BrN2OS. The van der Waals surface area contributed by atoms with E-state index in [1.165, 1.54) is 11.3 Å². The van der Waals surface area contributed by atoms with Crippen molar-refractivity contribution in [2.45, 2.75) is 6.42 Å². The van der Waals surface area contributed by atoms with Crippen LogP contribution in [0, 0.1) is 0 Å². The molecule has 0 aliphatic carbocycles. The number of carbonyl (C=O) groups is 1. The van der Waals surface area contributed by atoms with E-state index < -0.39 is 0 Å². The van der Waals surface area contributed by atoms with E-state index in [4.69, 9.17) is 5.73 Å². The van der Waals surface area contributed by atoms with Gasteiger partial charge in [0.15, 0.2) is 0 Å². The summed E-state index contributed by atoms with van der Waals surface area (Å²) in [5.74, 6) is -0.354. The molecule has 1 amide bonds. The molecule has 0 saturated carbocycles. The highest BCUT2D eigenvalue weighted by atomic mass is 79.9. The predicted octanol–water partition coefficient (Wildman–Crippen LogP) is 2.60. The average molecular weight is 297 g/mol. The fourth-order valence-corrected chi connectivity index (χ4v) is 2.63. The Balaban J connectivity index is 2.32. The van der Waals surface area contributed by atoms with Crippen molar-refractivity contribution >= 4 is 33.2 Å². The number of benzene rings is 1. The van der Waals surface area contributed by atoms with Gasteiger partial charge in [-0.1, -0.05) is 34.1 Å². The number of amides is 1. The lowest BCUT2D eigenvalue weighted by Gasteiger charge is -1.98. The molecule has 1 aromatic carbocycles. The van der Waals surface area contributed by atoms with Gasteiger partial charge in [0.2, 0.25) is 5.91 Å². The number of aromatic nitrogens is 1. The van der Waals surface area contributed by atoms with E-state index in [2.05, 4.69) is 20.9 Å². The molecule has 0 unspecified atom stereocenters. The van der Waals surface area contributed by atoms with Gasteiger partial charge in [-0.2, -0.15) is 0 Å². The molecule has 5 heteroatoms. The Morgan fingerprint density at radius 1 is 1.44 bits per heavy atom. The first-order valence-corrected chi connectivity index (χ1v) is 6.31. The molecule has 0 fully saturated rings. The van der Waals surface area contributed by atoms with Crippen LogP contribution >= 0.6 is 27.3 Å². The maximum absolute atomic E-state index is 10.8. The van der Waals surface area contributed by atoms with Crippen molar-refractivity contribution in [1.82, 2.24) is 4.98 Å². The minimum absolute atomic E-state index is 0.203. The zero-order chi connectivity index (χ0) is 11.5. The number of halogens is 1. The smallest absolute Gasteiger partial charge is 0.224 e. The van der Waals surface area contributed by atoms with Crippen molar-refractivity contribution in [2.75, 3.05) is 0 Å². The van der Waals surface area contributed by atoms with Crippen LogP contribution in [0.3, 0.4) is 0 Å². The fourth-order valence-electron chi connectivity index (χ4n) is 1.33. The zero-order valence-electron chi connectivity index (χ0n) is 8.31. The zero-order valence-corrected chi connectivity index (χ0v) is 10.7. The first-order valence-electron chi connectivity index (χ1n) is 4.64. The van der Waals surface area contributed by atoms with Gasteiger partial charge in [-0.25, -0.2) is 4.98 Å². The van der Waals surface area contributed by atoms with E-state index in [-0.39, 0.29) is 12.3 Å². The molecule has 0 atom stereocenters. The molecule has 0 aliphatic heterocycles. The van der Waals surface area contributed by atoms with Gasteiger partial charge < -0.3 is 5.73 Å². The molecule has 1 heterocycles. The standard InChI is InChI=1S/C11H9BrN2OS/c12-8-4-2-1-3-7(8)9-6-16-11(14-9)5-10(13)15/h1-4,6H,5H2,(H2,13,15). The summed E-state index contributed by atoms with van der Waals surface area (Å²) < 4.78 is 0.992. The lowest BCUT2D eigenvalue weighted by atomic mass is 10.2. The largest absolute Gasteiger partial charge is 0.369 e. The summed E-state index contributed by atoms with van der Waals surface area (Å²) in [6, 6.07) is 7.84. The number of nitrogens with two attached hydrogens (primary N) is 1. The molecule has 0 aliphatic rings. The Morgan fingerprint density at radius 3 is 2.88 bits per heavy atom. The SMILES string of the molecule is NC(=O)Cc1nc(-c2ccccc2Br)cs1. The topological polar surface area (TPSA) is 56.0 Å². The molecule has 3 nitrogen and oxygen atoms in total. The third kappa shape index (κ3) is 2.48. The number of rotatable bonds is 3. The quantitative estimate of drug-likeness (QED) is 0.946. The van der Waals surface area contributed by atoms with Crippen LogP contribution in [0.25, 0.3) is 11.3 Å². The number of primary amides is 1. The van der Waals surface area contributed by atoms with E-state index >= 15 is 0 Å². The second kappa shape index (κ2) is 4.76. The van der Waals surface area contributed by atoms with Crippen LogP contribution < -0.4 is 5.73 Å². The van der Waals surface area contributed by atoms with Gasteiger partial charge in [-0.15, -0.1) is 11.3 Å². The summed E-state index contributed by atoms with van der Waals surface area (Å²) in [6.45, 7) is 0. The molecule has 0 spiro atoms. The van der Waals surface area contributed by atoms with Gasteiger partial charge in [-0.05, 0) is 6.07 Å². The third-order valence-electron chi connectivity index (χ3n) is 2.03. The summed E-state index contributed by atoms with van der Waals surface area (Å²) in [7, 11) is 0. The van der Waals surface area contributed by atoms with E-state index in [9.17, 15) is 4.79 Å². The monoisotopic (exact) mass is 296 g/mol. The minimum atomic E-state index is -0.354. The van der Waals surface area contributed by atoms with Crippen molar-refractivity contribution in [3.8, 4) is 11.3 Å². The van der Waals surface area contributed by atoms with Crippen molar-refractivity contribution in [1.29, 1.82) is 0 Å². The van der Waals surface area contributed by atoms with Crippen LogP contribution in [-0.2, 0) is 11.2 Å². The predicted molar refractivity (Wildman–Crippen MR) is 68.1 cm³/mol. The van der Waals surface area contributed by atoms with Crippen LogP contribution in [0.1, 0.15) is 5.01 Å². The van der Waals surface area contributed by atoms with Gasteiger partial charge in [0.05, 0.1) is 12.1 Å². The summed E-state index contributed by atoms with van der Waals surface area (Å²) in [4.78, 5) is 15.1. The molecule has 0 saturated heterocycles. The van der Waals surface area contributed by atoms with Crippen molar-refractivity contribution in [2.24, 2.45) is 5.73 Å². The molecule has 0 radical (unpaired) electrons. The molecule has 2 rings (SSSR count). The molecular weight excluding hydrogens is 288 g/mol. The highest BCUT2D eigenvalue weighted by molar-refractivity contribution is 9.10. The average Bonchev–Trinajstić information content (AvgIpc) is 2.66. The second-order valence-electron chi connectivity index (χ2n) is 3.25. The van der Waals surface area contributed by atoms with E-state index in [1.807, 2.05) is 29.6 Å². The van der Waals surface area contributed by atoms with Crippen LogP contribution in [0.15, 0.2) is 34.1 Å². The second-order valence-corrected chi connectivity index (χ2v) is 5.05. The molecule has 1 aromatic heterocycles. The van der Waals surface area contributed by atoms with Crippen LogP contribution in [0.2, 0.25) is 0 Å². The van der Waals surface area contributed by atoms with Gasteiger partial charge in [0.1, 0.15) is 5.01 Å². The molecule has 2 aromatic rings. The molecule has 0 bridgehead atoms. The van der Waals surface area contributed by atoms with E-state index in [0.29, 0.717) is 0 Å². The Morgan fingerprint density at radius 2 is 2.19 bits per heavy atom.